The summed E-state index contributed by atoms with van der Waals surface area (Å²) >= 11 is 0. The van der Waals surface area contributed by atoms with Crippen LogP contribution in [0, 0.1) is 0 Å². The summed E-state index contributed by atoms with van der Waals surface area (Å²) in [5.41, 5.74) is 7.44. The molecular formula is C12H18N2. The van der Waals surface area contributed by atoms with Crippen molar-refractivity contribution < 1.29 is 0 Å². The van der Waals surface area contributed by atoms with E-state index in [1.807, 2.05) is 0 Å². The van der Waals surface area contributed by atoms with Gasteiger partial charge in [0.25, 0.3) is 0 Å². The number of likely N-dealkylation sites (N-methyl/N-ethyl adjacent to an activating group) is 1. The van der Waals surface area contributed by atoms with Gasteiger partial charge in [-0.25, -0.2) is 0 Å². The van der Waals surface area contributed by atoms with Crippen LogP contribution in [0.15, 0.2) is 30.3 Å². The fourth-order valence-corrected chi connectivity index (χ4v) is 2.33. The predicted molar refractivity (Wildman–Crippen MR) is 59.3 cm³/mol. The summed E-state index contributed by atoms with van der Waals surface area (Å²) in [7, 11) is 2.15. The van der Waals surface area contributed by atoms with E-state index in [1.54, 1.807) is 0 Å². The van der Waals surface area contributed by atoms with E-state index in [1.165, 1.54) is 5.56 Å². The van der Waals surface area contributed by atoms with Crippen LogP contribution in [0.3, 0.4) is 0 Å². The van der Waals surface area contributed by atoms with Gasteiger partial charge < -0.3 is 10.6 Å². The highest BCUT2D eigenvalue weighted by molar-refractivity contribution is 5.20. The Morgan fingerprint density at radius 1 is 1.21 bits per heavy atom. The summed E-state index contributed by atoms with van der Waals surface area (Å²) in [6.07, 6.45) is 1.12. The van der Waals surface area contributed by atoms with Crippen LogP contribution in [-0.4, -0.2) is 31.1 Å². The van der Waals surface area contributed by atoms with Crippen LogP contribution in [0.4, 0.5) is 0 Å². The molecule has 1 fully saturated rings. The molecular weight excluding hydrogens is 172 g/mol. The van der Waals surface area contributed by atoms with Crippen molar-refractivity contribution in [2.45, 2.75) is 18.4 Å². The number of hydrogen-bond donors (Lipinski definition) is 1. The molecule has 1 aliphatic heterocycles. The Morgan fingerprint density at radius 2 is 1.93 bits per heavy atom. The van der Waals surface area contributed by atoms with Gasteiger partial charge in [-0.15, -0.1) is 0 Å². The smallest absolute Gasteiger partial charge is 0.0174 e. The van der Waals surface area contributed by atoms with Crippen molar-refractivity contribution in [3.05, 3.63) is 35.9 Å². The molecule has 2 atom stereocenters. The quantitative estimate of drug-likeness (QED) is 0.726. The van der Waals surface area contributed by atoms with Gasteiger partial charge in [0.05, 0.1) is 0 Å². The molecule has 76 valence electrons. The highest BCUT2D eigenvalue weighted by atomic mass is 15.1. The van der Waals surface area contributed by atoms with Crippen LogP contribution in [0.25, 0.3) is 0 Å². The standard InChI is InChI=1S/C12H18N2/c1-14-8-11(7-12(13)9-14)10-5-3-2-4-6-10/h2-6,11-12H,7-9,13H2,1H3/t11-,12+/m0/s1. The average Bonchev–Trinajstić information content (AvgIpc) is 2.18. The molecule has 1 saturated heterocycles. The molecule has 1 aliphatic rings. The maximum atomic E-state index is 6.01. The first-order valence-electron chi connectivity index (χ1n) is 5.25. The van der Waals surface area contributed by atoms with Crippen LogP contribution in [-0.2, 0) is 0 Å². The predicted octanol–water partition coefficient (Wildman–Crippen LogP) is 1.43. The van der Waals surface area contributed by atoms with E-state index in [2.05, 4.69) is 42.3 Å². The molecule has 2 heteroatoms. The largest absolute Gasteiger partial charge is 0.327 e. The number of nitrogens with two attached hydrogens (primary N) is 1. The summed E-state index contributed by atoms with van der Waals surface area (Å²) in [6, 6.07) is 11.0. The zero-order valence-corrected chi connectivity index (χ0v) is 8.69. The highest BCUT2D eigenvalue weighted by Gasteiger charge is 2.23. The highest BCUT2D eigenvalue weighted by Crippen LogP contribution is 2.25. The Bertz CT molecular complexity index is 274. The molecule has 0 spiro atoms. The van der Waals surface area contributed by atoms with Crippen molar-refractivity contribution in [1.29, 1.82) is 0 Å². The minimum atomic E-state index is 0.332. The zero-order valence-electron chi connectivity index (χ0n) is 8.69. The summed E-state index contributed by atoms with van der Waals surface area (Å²) in [5.74, 6) is 0.616. The minimum absolute atomic E-state index is 0.332. The number of nitrogens with zero attached hydrogens (tertiary/aromatic N) is 1. The lowest BCUT2D eigenvalue weighted by Crippen LogP contribution is -2.44. The molecule has 0 aromatic heterocycles. The van der Waals surface area contributed by atoms with Gasteiger partial charge in [0.2, 0.25) is 0 Å². The molecule has 0 amide bonds. The third kappa shape index (κ3) is 2.14. The number of hydrogen-bond acceptors (Lipinski definition) is 2. The lowest BCUT2D eigenvalue weighted by Gasteiger charge is -2.34. The summed E-state index contributed by atoms with van der Waals surface area (Å²) < 4.78 is 0. The van der Waals surface area contributed by atoms with Gasteiger partial charge in [0, 0.05) is 19.1 Å². The van der Waals surface area contributed by atoms with Crippen molar-refractivity contribution in [3.63, 3.8) is 0 Å². The van der Waals surface area contributed by atoms with Gasteiger partial charge in [-0.05, 0) is 24.9 Å². The molecule has 14 heavy (non-hydrogen) atoms. The van der Waals surface area contributed by atoms with E-state index in [9.17, 15) is 0 Å². The average molecular weight is 190 g/mol. The first kappa shape index (κ1) is 9.69. The zero-order chi connectivity index (χ0) is 9.97. The van der Waals surface area contributed by atoms with E-state index < -0.39 is 0 Å². The molecule has 2 N–H and O–H groups in total. The van der Waals surface area contributed by atoms with Gasteiger partial charge in [-0.2, -0.15) is 0 Å². The SMILES string of the molecule is CN1C[C@H](N)C[C@H](c2ccccc2)C1. The molecule has 0 aliphatic carbocycles. The van der Waals surface area contributed by atoms with Crippen LogP contribution < -0.4 is 5.73 Å². The number of likely N-dealkylation sites (tertiary alicyclic amines) is 1. The van der Waals surface area contributed by atoms with E-state index >= 15 is 0 Å². The third-order valence-corrected chi connectivity index (χ3v) is 2.94. The van der Waals surface area contributed by atoms with Crippen molar-refractivity contribution in [3.8, 4) is 0 Å². The van der Waals surface area contributed by atoms with E-state index in [0.717, 1.165) is 19.5 Å². The fourth-order valence-electron chi connectivity index (χ4n) is 2.33. The van der Waals surface area contributed by atoms with Gasteiger partial charge in [0.1, 0.15) is 0 Å². The fraction of sp³-hybridized carbons (Fsp3) is 0.500. The van der Waals surface area contributed by atoms with Crippen molar-refractivity contribution in [1.82, 2.24) is 4.90 Å². The number of piperidine rings is 1. The molecule has 2 nitrogen and oxygen atoms in total. The molecule has 0 saturated carbocycles. The first-order chi connectivity index (χ1) is 6.75. The molecule has 0 radical (unpaired) electrons. The first-order valence-corrected chi connectivity index (χ1v) is 5.25. The maximum absolute atomic E-state index is 6.01. The molecule has 1 aromatic carbocycles. The molecule has 1 aromatic rings. The summed E-state index contributed by atoms with van der Waals surface area (Å²) in [6.45, 7) is 2.17. The normalized spacial score (nSPS) is 29.0. The Kier molecular flexibility index (Phi) is 2.85. The van der Waals surface area contributed by atoms with E-state index in [-0.39, 0.29) is 0 Å². The van der Waals surface area contributed by atoms with Crippen LogP contribution in [0.1, 0.15) is 17.9 Å². The van der Waals surface area contributed by atoms with Crippen molar-refractivity contribution in [2.75, 3.05) is 20.1 Å². The van der Waals surface area contributed by atoms with Crippen molar-refractivity contribution >= 4 is 0 Å². The van der Waals surface area contributed by atoms with Crippen LogP contribution in [0.2, 0.25) is 0 Å². The monoisotopic (exact) mass is 190 g/mol. The minimum Gasteiger partial charge on any atom is -0.327 e. The van der Waals surface area contributed by atoms with Crippen LogP contribution >= 0.6 is 0 Å². The Labute approximate surface area is 85.7 Å². The molecule has 0 unspecified atom stereocenters. The van der Waals surface area contributed by atoms with Gasteiger partial charge in [0.15, 0.2) is 0 Å². The topological polar surface area (TPSA) is 29.3 Å². The second-order valence-corrected chi connectivity index (χ2v) is 4.32. The maximum Gasteiger partial charge on any atom is 0.0174 e. The Balaban J connectivity index is 2.11. The van der Waals surface area contributed by atoms with Gasteiger partial charge >= 0.3 is 0 Å². The third-order valence-electron chi connectivity index (χ3n) is 2.94. The lowest BCUT2D eigenvalue weighted by molar-refractivity contribution is 0.227. The number of benzene rings is 1. The molecule has 0 bridgehead atoms. The number of rotatable bonds is 1. The van der Waals surface area contributed by atoms with E-state index in [0.29, 0.717) is 12.0 Å². The Morgan fingerprint density at radius 3 is 2.57 bits per heavy atom. The van der Waals surface area contributed by atoms with Crippen LogP contribution in [0.5, 0.6) is 0 Å². The van der Waals surface area contributed by atoms with E-state index in [4.69, 9.17) is 5.73 Å². The molecule has 2 rings (SSSR count). The Hall–Kier alpha value is -0.860. The second kappa shape index (κ2) is 4.11. The van der Waals surface area contributed by atoms with Crippen molar-refractivity contribution in [2.24, 2.45) is 5.73 Å². The van der Waals surface area contributed by atoms with Gasteiger partial charge in [-0.3, -0.25) is 0 Å². The van der Waals surface area contributed by atoms with Gasteiger partial charge in [-0.1, -0.05) is 30.3 Å². The molecule has 1 heterocycles. The summed E-state index contributed by atoms with van der Waals surface area (Å²) in [4.78, 5) is 2.33. The second-order valence-electron chi connectivity index (χ2n) is 4.32. The lowest BCUT2D eigenvalue weighted by atomic mass is 9.89. The summed E-state index contributed by atoms with van der Waals surface area (Å²) in [5, 5.41) is 0.